The number of carbonyl (C=O) groups excluding carboxylic acids is 1. The molecule has 0 bridgehead atoms. The van der Waals surface area contributed by atoms with Gasteiger partial charge in [-0.15, -0.1) is 0 Å². The molecule has 6 heteroatoms. The quantitative estimate of drug-likeness (QED) is 0.436. The van der Waals surface area contributed by atoms with Crippen LogP contribution in [0.4, 0.5) is 0 Å². The first-order valence-corrected chi connectivity index (χ1v) is 12.9. The van der Waals surface area contributed by atoms with Crippen molar-refractivity contribution in [2.24, 2.45) is 4.99 Å². The molecule has 0 unspecified atom stereocenters. The van der Waals surface area contributed by atoms with Crippen molar-refractivity contribution in [1.29, 1.82) is 0 Å². The SMILES string of the molecule is CCOc1ccc(C=C2SC(N3CCN(C(c4ccccc4)c4ccccc4)CC3)=NC2=O)cc1. The number of ether oxygens (including phenoxy) is 1. The molecule has 5 nitrogen and oxygen atoms in total. The summed E-state index contributed by atoms with van der Waals surface area (Å²) >= 11 is 1.47. The summed E-state index contributed by atoms with van der Waals surface area (Å²) in [6, 6.07) is 29.4. The van der Waals surface area contributed by atoms with Gasteiger partial charge in [0.05, 0.1) is 17.6 Å². The van der Waals surface area contributed by atoms with Gasteiger partial charge < -0.3 is 9.64 Å². The highest BCUT2D eigenvalue weighted by Gasteiger charge is 2.31. The third-order valence-electron chi connectivity index (χ3n) is 6.28. The fraction of sp³-hybridized carbons (Fsp3) is 0.241. The van der Waals surface area contributed by atoms with Crippen LogP contribution in [0.1, 0.15) is 29.7 Å². The highest BCUT2D eigenvalue weighted by molar-refractivity contribution is 8.18. The highest BCUT2D eigenvalue weighted by atomic mass is 32.2. The van der Waals surface area contributed by atoms with E-state index < -0.39 is 0 Å². The van der Waals surface area contributed by atoms with E-state index in [4.69, 9.17) is 4.74 Å². The molecule has 0 saturated carbocycles. The molecule has 0 N–H and O–H groups in total. The lowest BCUT2D eigenvalue weighted by atomic mass is 9.96. The Hall–Kier alpha value is -3.35. The third kappa shape index (κ3) is 5.50. The van der Waals surface area contributed by atoms with Crippen LogP contribution >= 0.6 is 11.8 Å². The molecule has 35 heavy (non-hydrogen) atoms. The van der Waals surface area contributed by atoms with Gasteiger partial charge in [-0.05, 0) is 53.6 Å². The van der Waals surface area contributed by atoms with Gasteiger partial charge in [-0.3, -0.25) is 9.69 Å². The molecule has 0 spiro atoms. The predicted molar refractivity (Wildman–Crippen MR) is 143 cm³/mol. The summed E-state index contributed by atoms with van der Waals surface area (Å²) in [6.07, 6.45) is 1.91. The predicted octanol–water partition coefficient (Wildman–Crippen LogP) is 5.46. The van der Waals surface area contributed by atoms with Crippen LogP contribution in [0.15, 0.2) is 94.8 Å². The number of piperazine rings is 1. The first-order valence-electron chi connectivity index (χ1n) is 12.1. The average molecular weight is 484 g/mol. The summed E-state index contributed by atoms with van der Waals surface area (Å²) in [4.78, 5) is 22.4. The highest BCUT2D eigenvalue weighted by Crippen LogP contribution is 2.33. The Labute approximate surface area is 211 Å². The van der Waals surface area contributed by atoms with E-state index in [1.165, 1.54) is 22.9 Å². The molecule has 1 fully saturated rings. The van der Waals surface area contributed by atoms with Crippen LogP contribution in [0.3, 0.4) is 0 Å². The molecule has 2 heterocycles. The zero-order valence-corrected chi connectivity index (χ0v) is 20.7. The normalized spacial score (nSPS) is 17.8. The smallest absolute Gasteiger partial charge is 0.286 e. The number of hydrogen-bond donors (Lipinski definition) is 0. The zero-order valence-electron chi connectivity index (χ0n) is 19.8. The Morgan fingerprint density at radius 1 is 0.886 bits per heavy atom. The molecular formula is C29H29N3O2S. The van der Waals surface area contributed by atoms with E-state index >= 15 is 0 Å². The minimum Gasteiger partial charge on any atom is -0.494 e. The Balaban J connectivity index is 1.25. The number of aliphatic imine (C=N–C) groups is 1. The Morgan fingerprint density at radius 3 is 2.06 bits per heavy atom. The van der Waals surface area contributed by atoms with Gasteiger partial charge in [0.15, 0.2) is 5.17 Å². The number of amidine groups is 1. The first kappa shape index (κ1) is 23.4. The molecule has 3 aromatic rings. The minimum atomic E-state index is -0.159. The Bertz CT molecular complexity index is 1160. The standard InChI is InChI=1S/C29H29N3O2S/c1-2-34-25-15-13-22(14-16-25)21-26-28(33)30-29(35-26)32-19-17-31(18-20-32)27(23-9-5-3-6-10-23)24-11-7-4-8-12-24/h3-16,21,27H,2,17-20H2,1H3. The monoisotopic (exact) mass is 483 g/mol. The molecule has 2 aliphatic heterocycles. The maximum atomic E-state index is 12.6. The van der Waals surface area contributed by atoms with Gasteiger partial charge in [-0.2, -0.15) is 4.99 Å². The molecule has 1 saturated heterocycles. The third-order valence-corrected chi connectivity index (χ3v) is 7.32. The number of nitrogens with zero attached hydrogens (tertiary/aromatic N) is 3. The molecule has 0 atom stereocenters. The van der Waals surface area contributed by atoms with Crippen molar-refractivity contribution in [2.75, 3.05) is 32.8 Å². The number of hydrogen-bond acceptors (Lipinski definition) is 5. The van der Waals surface area contributed by atoms with Crippen LogP contribution in [-0.4, -0.2) is 53.7 Å². The summed E-state index contributed by atoms with van der Waals surface area (Å²) in [5.74, 6) is 0.673. The van der Waals surface area contributed by atoms with Crippen LogP contribution in [0.25, 0.3) is 6.08 Å². The van der Waals surface area contributed by atoms with Crippen LogP contribution in [0.5, 0.6) is 5.75 Å². The maximum Gasteiger partial charge on any atom is 0.286 e. The largest absolute Gasteiger partial charge is 0.494 e. The number of amides is 1. The van der Waals surface area contributed by atoms with Crippen LogP contribution in [0, 0.1) is 0 Å². The molecule has 0 radical (unpaired) electrons. The Morgan fingerprint density at radius 2 is 1.49 bits per heavy atom. The molecule has 0 aliphatic carbocycles. The van der Waals surface area contributed by atoms with E-state index in [2.05, 4.69) is 75.5 Å². The first-order chi connectivity index (χ1) is 17.2. The lowest BCUT2D eigenvalue weighted by Gasteiger charge is -2.40. The summed E-state index contributed by atoms with van der Waals surface area (Å²) < 4.78 is 5.50. The van der Waals surface area contributed by atoms with Gasteiger partial charge in [0, 0.05) is 26.2 Å². The molecule has 0 aromatic heterocycles. The van der Waals surface area contributed by atoms with Crippen LogP contribution in [-0.2, 0) is 4.79 Å². The maximum absolute atomic E-state index is 12.6. The van der Waals surface area contributed by atoms with Crippen LogP contribution < -0.4 is 4.74 Å². The topological polar surface area (TPSA) is 45.1 Å². The molecule has 3 aromatic carbocycles. The Kier molecular flexibility index (Phi) is 7.31. The number of benzene rings is 3. The van der Waals surface area contributed by atoms with E-state index in [1.54, 1.807) is 0 Å². The summed E-state index contributed by atoms with van der Waals surface area (Å²) in [6.45, 7) is 6.08. The number of thioether (sulfide) groups is 1. The molecule has 178 valence electrons. The van der Waals surface area contributed by atoms with E-state index in [9.17, 15) is 4.79 Å². The minimum absolute atomic E-state index is 0.159. The fourth-order valence-electron chi connectivity index (χ4n) is 4.57. The van der Waals surface area contributed by atoms with Gasteiger partial charge in [-0.25, -0.2) is 0 Å². The van der Waals surface area contributed by atoms with Crippen molar-refractivity contribution in [2.45, 2.75) is 13.0 Å². The van der Waals surface area contributed by atoms with Crippen LogP contribution in [0.2, 0.25) is 0 Å². The summed E-state index contributed by atoms with van der Waals surface area (Å²) in [5, 5.41) is 0.808. The lowest BCUT2D eigenvalue weighted by Crippen LogP contribution is -2.49. The summed E-state index contributed by atoms with van der Waals surface area (Å²) in [5.41, 5.74) is 3.57. The summed E-state index contributed by atoms with van der Waals surface area (Å²) in [7, 11) is 0. The van der Waals surface area contributed by atoms with Gasteiger partial charge in [0.2, 0.25) is 0 Å². The number of rotatable bonds is 6. The zero-order chi connectivity index (χ0) is 24.0. The van der Waals surface area contributed by atoms with E-state index in [0.717, 1.165) is 42.7 Å². The van der Waals surface area contributed by atoms with Gasteiger partial charge >= 0.3 is 0 Å². The lowest BCUT2D eigenvalue weighted by molar-refractivity contribution is -0.113. The van der Waals surface area contributed by atoms with Gasteiger partial charge in [-0.1, -0.05) is 72.8 Å². The van der Waals surface area contributed by atoms with Crippen molar-refractivity contribution in [1.82, 2.24) is 9.80 Å². The molecular weight excluding hydrogens is 454 g/mol. The van der Waals surface area contributed by atoms with E-state index in [-0.39, 0.29) is 11.9 Å². The second kappa shape index (κ2) is 10.9. The van der Waals surface area contributed by atoms with E-state index in [1.807, 2.05) is 37.3 Å². The van der Waals surface area contributed by atoms with E-state index in [0.29, 0.717) is 11.5 Å². The molecule has 5 rings (SSSR count). The van der Waals surface area contributed by atoms with Crippen molar-refractivity contribution in [3.05, 3.63) is 107 Å². The molecule has 2 aliphatic rings. The molecule has 1 amide bonds. The average Bonchev–Trinajstić information content (AvgIpc) is 3.27. The number of carbonyl (C=O) groups is 1. The van der Waals surface area contributed by atoms with Crippen molar-refractivity contribution in [3.8, 4) is 5.75 Å². The van der Waals surface area contributed by atoms with Crippen molar-refractivity contribution >= 4 is 28.9 Å². The second-order valence-corrected chi connectivity index (χ2v) is 9.57. The van der Waals surface area contributed by atoms with Crippen molar-refractivity contribution < 1.29 is 9.53 Å². The second-order valence-electron chi connectivity index (χ2n) is 8.56. The van der Waals surface area contributed by atoms with Gasteiger partial charge in [0.25, 0.3) is 5.91 Å². The fourth-order valence-corrected chi connectivity index (χ4v) is 5.53. The van der Waals surface area contributed by atoms with Gasteiger partial charge in [0.1, 0.15) is 5.75 Å². The van der Waals surface area contributed by atoms with Crippen molar-refractivity contribution in [3.63, 3.8) is 0 Å².